The van der Waals surface area contributed by atoms with Crippen molar-refractivity contribution < 1.29 is 31.1 Å². The second-order valence-corrected chi connectivity index (χ2v) is 12.0. The number of piperidine rings is 1. The number of hydrogen-bond acceptors (Lipinski definition) is 7. The lowest BCUT2D eigenvalue weighted by atomic mass is 9.98. The van der Waals surface area contributed by atoms with Crippen LogP contribution in [0, 0.1) is 5.92 Å². The average molecular weight is 497 g/mol. The largest absolute Gasteiger partial charge is 0.497 e. The Bertz CT molecular complexity index is 1190. The van der Waals surface area contributed by atoms with Gasteiger partial charge in [-0.3, -0.25) is 4.79 Å². The molecular weight excluding hydrogens is 468 g/mol. The van der Waals surface area contributed by atoms with E-state index in [2.05, 4.69) is 0 Å². The molecule has 1 aliphatic heterocycles. The van der Waals surface area contributed by atoms with Crippen LogP contribution < -0.4 is 4.74 Å². The minimum absolute atomic E-state index is 0.0556. The molecule has 0 saturated carbocycles. The zero-order chi connectivity index (χ0) is 24.2. The molecule has 1 fully saturated rings. The van der Waals surface area contributed by atoms with E-state index in [0.717, 1.165) is 4.31 Å². The number of esters is 1. The van der Waals surface area contributed by atoms with Crippen LogP contribution in [-0.4, -0.2) is 65.7 Å². The van der Waals surface area contributed by atoms with Crippen LogP contribution >= 0.6 is 0 Å². The molecule has 0 bridgehead atoms. The third kappa shape index (κ3) is 5.72. The first-order chi connectivity index (χ1) is 15.6. The zero-order valence-electron chi connectivity index (χ0n) is 18.8. The van der Waals surface area contributed by atoms with Gasteiger partial charge in [0, 0.05) is 27.2 Å². The number of sulfonamides is 2. The lowest BCUT2D eigenvalue weighted by Crippen LogP contribution is -2.40. The van der Waals surface area contributed by atoms with Crippen molar-refractivity contribution >= 4 is 26.0 Å². The Balaban J connectivity index is 1.57. The van der Waals surface area contributed by atoms with Gasteiger partial charge in [0.1, 0.15) is 12.4 Å². The molecule has 0 aliphatic carbocycles. The molecule has 0 spiro atoms. The highest BCUT2D eigenvalue weighted by Crippen LogP contribution is 2.26. The van der Waals surface area contributed by atoms with E-state index in [1.165, 1.54) is 49.8 Å². The van der Waals surface area contributed by atoms with Gasteiger partial charge in [0.25, 0.3) is 0 Å². The predicted molar refractivity (Wildman–Crippen MR) is 122 cm³/mol. The highest BCUT2D eigenvalue weighted by atomic mass is 32.2. The Kier molecular flexibility index (Phi) is 7.78. The van der Waals surface area contributed by atoms with Crippen molar-refractivity contribution in [3.05, 3.63) is 54.1 Å². The minimum atomic E-state index is -3.65. The third-order valence-corrected chi connectivity index (χ3v) is 9.27. The predicted octanol–water partition coefficient (Wildman–Crippen LogP) is 2.09. The van der Waals surface area contributed by atoms with E-state index in [-0.39, 0.29) is 29.5 Å². The topological polar surface area (TPSA) is 110 Å². The van der Waals surface area contributed by atoms with Gasteiger partial charge in [0.15, 0.2) is 0 Å². The molecule has 180 valence electrons. The van der Waals surface area contributed by atoms with Gasteiger partial charge in [-0.15, -0.1) is 0 Å². The second-order valence-electron chi connectivity index (χ2n) is 7.90. The number of benzene rings is 2. The van der Waals surface area contributed by atoms with Gasteiger partial charge in [0.2, 0.25) is 20.0 Å². The van der Waals surface area contributed by atoms with Crippen molar-refractivity contribution in [3.63, 3.8) is 0 Å². The van der Waals surface area contributed by atoms with Crippen LogP contribution in [0.2, 0.25) is 0 Å². The maximum atomic E-state index is 12.9. The highest BCUT2D eigenvalue weighted by Gasteiger charge is 2.33. The maximum Gasteiger partial charge on any atom is 0.309 e. The molecule has 0 aromatic heterocycles. The Morgan fingerprint density at radius 2 is 1.64 bits per heavy atom. The smallest absolute Gasteiger partial charge is 0.309 e. The fourth-order valence-electron chi connectivity index (χ4n) is 3.51. The van der Waals surface area contributed by atoms with Crippen molar-refractivity contribution in [1.82, 2.24) is 8.61 Å². The highest BCUT2D eigenvalue weighted by molar-refractivity contribution is 7.89. The number of hydrogen-bond donors (Lipinski definition) is 0. The van der Waals surface area contributed by atoms with Gasteiger partial charge in [0.05, 0.1) is 22.8 Å². The number of carbonyl (C=O) groups excluding carboxylic acids is 1. The van der Waals surface area contributed by atoms with Crippen molar-refractivity contribution in [3.8, 4) is 5.75 Å². The van der Waals surface area contributed by atoms with Crippen LogP contribution in [0.3, 0.4) is 0 Å². The van der Waals surface area contributed by atoms with Gasteiger partial charge in [-0.1, -0.05) is 12.1 Å². The molecule has 0 radical (unpaired) electrons. The number of rotatable bonds is 8. The molecular formula is C22H28N2O7S2. The van der Waals surface area contributed by atoms with Crippen LogP contribution in [0.15, 0.2) is 58.3 Å². The number of carbonyl (C=O) groups is 1. The minimum Gasteiger partial charge on any atom is -0.497 e. The normalized spacial score (nSPS) is 16.0. The van der Waals surface area contributed by atoms with E-state index in [1.807, 2.05) is 0 Å². The van der Waals surface area contributed by atoms with E-state index >= 15 is 0 Å². The third-order valence-electron chi connectivity index (χ3n) is 5.54. The molecule has 1 saturated heterocycles. The summed E-state index contributed by atoms with van der Waals surface area (Å²) in [6.07, 6.45) is 0.701. The zero-order valence-corrected chi connectivity index (χ0v) is 20.4. The first kappa shape index (κ1) is 25.2. The summed E-state index contributed by atoms with van der Waals surface area (Å²) in [5.74, 6) is -0.265. The second kappa shape index (κ2) is 10.2. The molecule has 0 amide bonds. The van der Waals surface area contributed by atoms with Crippen molar-refractivity contribution in [2.75, 3.05) is 34.3 Å². The van der Waals surface area contributed by atoms with Crippen LogP contribution in [0.25, 0.3) is 0 Å². The van der Waals surface area contributed by atoms with E-state index in [9.17, 15) is 21.6 Å². The first-order valence-corrected chi connectivity index (χ1v) is 13.3. The summed E-state index contributed by atoms with van der Waals surface area (Å²) in [5.41, 5.74) is 0.561. The Hall–Kier alpha value is -2.47. The van der Waals surface area contributed by atoms with Gasteiger partial charge in [-0.2, -0.15) is 4.31 Å². The van der Waals surface area contributed by atoms with Crippen LogP contribution in [-0.2, 0) is 36.2 Å². The molecule has 11 heteroatoms. The number of nitrogens with zero attached hydrogens (tertiary/aromatic N) is 2. The fraction of sp³-hybridized carbons (Fsp3) is 0.409. The summed E-state index contributed by atoms with van der Waals surface area (Å²) in [7, 11) is -2.83. The molecule has 0 N–H and O–H groups in total. The summed E-state index contributed by atoms with van der Waals surface area (Å²) >= 11 is 0. The molecule has 9 nitrogen and oxygen atoms in total. The van der Waals surface area contributed by atoms with Crippen LogP contribution in [0.1, 0.15) is 18.4 Å². The van der Waals surface area contributed by atoms with Crippen molar-refractivity contribution in [2.24, 2.45) is 5.92 Å². The Labute approximate surface area is 195 Å². The lowest BCUT2D eigenvalue weighted by molar-refractivity contribution is -0.151. The van der Waals surface area contributed by atoms with E-state index in [4.69, 9.17) is 9.47 Å². The molecule has 0 atom stereocenters. The van der Waals surface area contributed by atoms with Gasteiger partial charge in [-0.05, 0) is 54.8 Å². The Morgan fingerprint density at radius 1 is 1.00 bits per heavy atom. The standard InChI is InChI=1S/C22H28N2O7S2/c1-23(2)32(26,27)21-6-4-5-17(15-21)16-31-22(25)18-11-13-24(14-12-18)33(28,29)20-9-7-19(30-3)8-10-20/h4-10,15,18H,11-14,16H2,1-3H3. The van der Waals surface area contributed by atoms with Gasteiger partial charge in [-0.25, -0.2) is 21.1 Å². The molecule has 0 unspecified atom stereocenters. The first-order valence-electron chi connectivity index (χ1n) is 10.4. The summed E-state index contributed by atoms with van der Waals surface area (Å²) in [4.78, 5) is 12.8. The SMILES string of the molecule is COc1ccc(S(=O)(=O)N2CCC(C(=O)OCc3cccc(S(=O)(=O)N(C)C)c3)CC2)cc1. The number of ether oxygens (including phenoxy) is 2. The summed E-state index contributed by atoms with van der Waals surface area (Å²) < 4.78 is 63.2. The molecule has 1 heterocycles. The van der Waals surface area contributed by atoms with Crippen LogP contribution in [0.4, 0.5) is 0 Å². The average Bonchev–Trinajstić information content (AvgIpc) is 2.82. The molecule has 3 rings (SSSR count). The van der Waals surface area contributed by atoms with E-state index < -0.39 is 31.9 Å². The summed E-state index contributed by atoms with van der Waals surface area (Å²) in [5, 5.41) is 0. The molecule has 2 aromatic rings. The monoisotopic (exact) mass is 496 g/mol. The molecule has 33 heavy (non-hydrogen) atoms. The molecule has 1 aliphatic rings. The number of methoxy groups -OCH3 is 1. The van der Waals surface area contributed by atoms with Crippen LogP contribution in [0.5, 0.6) is 5.75 Å². The maximum absolute atomic E-state index is 12.9. The quantitative estimate of drug-likeness (QED) is 0.515. The van der Waals surface area contributed by atoms with Gasteiger partial charge < -0.3 is 9.47 Å². The van der Waals surface area contributed by atoms with Crippen molar-refractivity contribution in [2.45, 2.75) is 29.2 Å². The lowest BCUT2D eigenvalue weighted by Gasteiger charge is -2.30. The summed E-state index contributed by atoms with van der Waals surface area (Å²) in [6, 6.07) is 12.4. The summed E-state index contributed by atoms with van der Waals surface area (Å²) in [6.45, 7) is 0.370. The van der Waals surface area contributed by atoms with Gasteiger partial charge >= 0.3 is 5.97 Å². The Morgan fingerprint density at radius 3 is 2.21 bits per heavy atom. The molecule has 2 aromatic carbocycles. The fourth-order valence-corrected chi connectivity index (χ4v) is 5.95. The van der Waals surface area contributed by atoms with E-state index in [1.54, 1.807) is 24.3 Å². The van der Waals surface area contributed by atoms with Crippen molar-refractivity contribution in [1.29, 1.82) is 0 Å². The van der Waals surface area contributed by atoms with E-state index in [0.29, 0.717) is 24.2 Å².